The molecule has 0 saturated carbocycles. The first-order valence-electron chi connectivity index (χ1n) is 5.36. The smallest absolute Gasteiger partial charge is 0.244 e. The highest BCUT2D eigenvalue weighted by atomic mass is 79.9. The van der Waals surface area contributed by atoms with E-state index < -0.39 is 0 Å². The zero-order valence-electron chi connectivity index (χ0n) is 9.53. The van der Waals surface area contributed by atoms with Crippen molar-refractivity contribution in [2.75, 3.05) is 0 Å². The zero-order valence-corrected chi connectivity index (χ0v) is 11.1. The van der Waals surface area contributed by atoms with Crippen LogP contribution in [-0.2, 0) is 4.79 Å². The van der Waals surface area contributed by atoms with Crippen LogP contribution in [0.5, 0.6) is 0 Å². The van der Waals surface area contributed by atoms with E-state index in [2.05, 4.69) is 21.2 Å². The molecule has 0 saturated heterocycles. The van der Waals surface area contributed by atoms with Gasteiger partial charge in [-0.1, -0.05) is 35.0 Å². The lowest BCUT2D eigenvalue weighted by Gasteiger charge is -2.08. The quantitative estimate of drug-likeness (QED) is 0.843. The highest BCUT2D eigenvalue weighted by Gasteiger charge is 2.00. The van der Waals surface area contributed by atoms with E-state index in [1.807, 2.05) is 44.2 Å². The third-order valence-corrected chi connectivity index (χ3v) is 2.77. The van der Waals surface area contributed by atoms with E-state index in [1.165, 1.54) is 0 Å². The molecule has 0 spiro atoms. The SMILES string of the molecule is CC[C@H](C)NC(=O)/C=C\c1cccc(Br)c1. The van der Waals surface area contributed by atoms with Gasteiger partial charge in [0.05, 0.1) is 0 Å². The third-order valence-electron chi connectivity index (χ3n) is 2.28. The van der Waals surface area contributed by atoms with Gasteiger partial charge in [0.15, 0.2) is 0 Å². The molecule has 1 aromatic rings. The Balaban J connectivity index is 2.56. The Morgan fingerprint density at radius 3 is 2.94 bits per heavy atom. The maximum atomic E-state index is 11.5. The van der Waals surface area contributed by atoms with Crippen molar-refractivity contribution in [1.82, 2.24) is 5.32 Å². The fraction of sp³-hybridized carbons (Fsp3) is 0.308. The third kappa shape index (κ3) is 4.62. The Labute approximate surface area is 105 Å². The highest BCUT2D eigenvalue weighted by Crippen LogP contribution is 2.12. The summed E-state index contributed by atoms with van der Waals surface area (Å²) in [7, 11) is 0. The molecule has 0 aromatic heterocycles. The largest absolute Gasteiger partial charge is 0.350 e. The number of carbonyl (C=O) groups is 1. The van der Waals surface area contributed by atoms with Crippen molar-refractivity contribution in [3.05, 3.63) is 40.4 Å². The van der Waals surface area contributed by atoms with Crippen LogP contribution in [0.3, 0.4) is 0 Å². The van der Waals surface area contributed by atoms with Crippen LogP contribution < -0.4 is 5.32 Å². The summed E-state index contributed by atoms with van der Waals surface area (Å²) in [6.45, 7) is 4.04. The lowest BCUT2D eigenvalue weighted by molar-refractivity contribution is -0.117. The molecule has 0 fully saturated rings. The van der Waals surface area contributed by atoms with Gasteiger partial charge in [0.2, 0.25) is 5.91 Å². The topological polar surface area (TPSA) is 29.1 Å². The minimum Gasteiger partial charge on any atom is -0.350 e. The predicted octanol–water partition coefficient (Wildman–Crippen LogP) is 3.38. The van der Waals surface area contributed by atoms with Gasteiger partial charge >= 0.3 is 0 Å². The maximum Gasteiger partial charge on any atom is 0.244 e. The van der Waals surface area contributed by atoms with E-state index in [4.69, 9.17) is 0 Å². The Morgan fingerprint density at radius 2 is 2.31 bits per heavy atom. The molecule has 1 rings (SSSR count). The van der Waals surface area contributed by atoms with Gasteiger partial charge in [0.25, 0.3) is 0 Å². The van der Waals surface area contributed by atoms with Crippen molar-refractivity contribution >= 4 is 27.9 Å². The lowest BCUT2D eigenvalue weighted by Crippen LogP contribution is -2.30. The number of benzene rings is 1. The fourth-order valence-electron chi connectivity index (χ4n) is 1.18. The summed E-state index contributed by atoms with van der Waals surface area (Å²) in [6, 6.07) is 8.04. The van der Waals surface area contributed by atoms with E-state index in [0.717, 1.165) is 16.5 Å². The second-order valence-electron chi connectivity index (χ2n) is 3.71. The average Bonchev–Trinajstić information content (AvgIpc) is 2.26. The summed E-state index contributed by atoms with van der Waals surface area (Å²) in [5.41, 5.74) is 1.01. The molecule has 0 radical (unpaired) electrons. The van der Waals surface area contributed by atoms with E-state index >= 15 is 0 Å². The first-order valence-corrected chi connectivity index (χ1v) is 6.15. The molecule has 1 amide bonds. The van der Waals surface area contributed by atoms with Crippen LogP contribution in [0.1, 0.15) is 25.8 Å². The first-order chi connectivity index (χ1) is 7.61. The van der Waals surface area contributed by atoms with E-state index in [9.17, 15) is 4.79 Å². The first kappa shape index (κ1) is 13.0. The number of hydrogen-bond acceptors (Lipinski definition) is 1. The molecule has 0 aliphatic rings. The lowest BCUT2D eigenvalue weighted by atomic mass is 10.2. The number of nitrogens with one attached hydrogen (secondary N) is 1. The molecule has 3 heteroatoms. The van der Waals surface area contributed by atoms with Crippen molar-refractivity contribution in [3.8, 4) is 0 Å². The maximum absolute atomic E-state index is 11.5. The molecule has 86 valence electrons. The molecule has 0 bridgehead atoms. The normalized spacial score (nSPS) is 12.7. The summed E-state index contributed by atoms with van der Waals surface area (Å²) < 4.78 is 1.01. The second kappa shape index (κ2) is 6.48. The van der Waals surface area contributed by atoms with Gasteiger partial charge in [-0.05, 0) is 37.1 Å². The van der Waals surface area contributed by atoms with Crippen LogP contribution in [0, 0.1) is 0 Å². The second-order valence-corrected chi connectivity index (χ2v) is 4.62. The number of halogens is 1. The molecular weight excluding hydrogens is 266 g/mol. The van der Waals surface area contributed by atoms with Crippen molar-refractivity contribution in [2.45, 2.75) is 26.3 Å². The molecule has 1 aromatic carbocycles. The standard InChI is InChI=1S/C13H16BrNO/c1-3-10(2)15-13(16)8-7-11-5-4-6-12(14)9-11/h4-10H,3H2,1-2H3,(H,15,16)/b8-7-/t10-/m0/s1. The summed E-state index contributed by atoms with van der Waals surface area (Å²) >= 11 is 3.39. The molecule has 0 aliphatic carbocycles. The molecule has 0 unspecified atom stereocenters. The van der Waals surface area contributed by atoms with E-state index in [-0.39, 0.29) is 11.9 Å². The minimum absolute atomic E-state index is 0.0469. The van der Waals surface area contributed by atoms with Crippen LogP contribution in [0.2, 0.25) is 0 Å². The van der Waals surface area contributed by atoms with E-state index in [1.54, 1.807) is 6.08 Å². The van der Waals surface area contributed by atoms with E-state index in [0.29, 0.717) is 0 Å². The van der Waals surface area contributed by atoms with Crippen LogP contribution in [-0.4, -0.2) is 11.9 Å². The van der Waals surface area contributed by atoms with Gasteiger partial charge in [0, 0.05) is 16.6 Å². The van der Waals surface area contributed by atoms with Crippen molar-refractivity contribution in [1.29, 1.82) is 0 Å². The highest BCUT2D eigenvalue weighted by molar-refractivity contribution is 9.10. The monoisotopic (exact) mass is 281 g/mol. The molecule has 1 atom stereocenters. The average molecular weight is 282 g/mol. The van der Waals surface area contributed by atoms with Crippen LogP contribution in [0.4, 0.5) is 0 Å². The molecule has 0 heterocycles. The summed E-state index contributed by atoms with van der Waals surface area (Å²) in [6.07, 6.45) is 4.31. The molecule has 0 aliphatic heterocycles. The van der Waals surface area contributed by atoms with Crippen molar-refractivity contribution in [3.63, 3.8) is 0 Å². The number of amides is 1. The van der Waals surface area contributed by atoms with Crippen LogP contribution >= 0.6 is 15.9 Å². The van der Waals surface area contributed by atoms with Gasteiger partial charge in [-0.3, -0.25) is 4.79 Å². The van der Waals surface area contributed by atoms with Crippen LogP contribution in [0.15, 0.2) is 34.8 Å². The van der Waals surface area contributed by atoms with Gasteiger partial charge in [-0.2, -0.15) is 0 Å². The van der Waals surface area contributed by atoms with Gasteiger partial charge in [-0.15, -0.1) is 0 Å². The Morgan fingerprint density at radius 1 is 1.56 bits per heavy atom. The Hall–Kier alpha value is -1.09. The van der Waals surface area contributed by atoms with Gasteiger partial charge in [-0.25, -0.2) is 0 Å². The van der Waals surface area contributed by atoms with Crippen molar-refractivity contribution < 1.29 is 4.79 Å². The summed E-state index contributed by atoms with van der Waals surface area (Å²) in [5, 5.41) is 2.88. The summed E-state index contributed by atoms with van der Waals surface area (Å²) in [5.74, 6) is -0.0469. The Kier molecular flexibility index (Phi) is 5.26. The minimum atomic E-state index is -0.0469. The Bertz CT molecular complexity index is 387. The van der Waals surface area contributed by atoms with Gasteiger partial charge < -0.3 is 5.32 Å². The molecule has 2 nitrogen and oxygen atoms in total. The predicted molar refractivity (Wildman–Crippen MR) is 71.1 cm³/mol. The molecular formula is C13H16BrNO. The number of hydrogen-bond donors (Lipinski definition) is 1. The molecule has 16 heavy (non-hydrogen) atoms. The van der Waals surface area contributed by atoms with Crippen molar-refractivity contribution in [2.24, 2.45) is 0 Å². The number of carbonyl (C=O) groups excluding carboxylic acids is 1. The zero-order chi connectivity index (χ0) is 12.0. The fourth-order valence-corrected chi connectivity index (χ4v) is 1.59. The van der Waals surface area contributed by atoms with Gasteiger partial charge in [0.1, 0.15) is 0 Å². The summed E-state index contributed by atoms with van der Waals surface area (Å²) in [4.78, 5) is 11.5. The number of rotatable bonds is 4. The molecule has 1 N–H and O–H groups in total. The van der Waals surface area contributed by atoms with Crippen LogP contribution in [0.25, 0.3) is 6.08 Å².